The van der Waals surface area contributed by atoms with Crippen LogP contribution in [-0.4, -0.2) is 0 Å². The van der Waals surface area contributed by atoms with E-state index in [1.165, 1.54) is 61.0 Å². The highest BCUT2D eigenvalue weighted by atomic mass is 16.5. The van der Waals surface area contributed by atoms with E-state index in [1.807, 2.05) is 6.07 Å². The highest BCUT2D eigenvalue weighted by Crippen LogP contribution is 2.52. The Labute approximate surface area is 282 Å². The molecule has 0 fully saturated rings. The van der Waals surface area contributed by atoms with Gasteiger partial charge >= 0.3 is 0 Å². The summed E-state index contributed by atoms with van der Waals surface area (Å²) in [6.07, 6.45) is 0. The van der Waals surface area contributed by atoms with Gasteiger partial charge in [0.05, 0.1) is 5.69 Å². The maximum absolute atomic E-state index is 6.35. The largest absolute Gasteiger partial charge is 0.457 e. The Hall–Kier alpha value is -5.60. The number of rotatable bonds is 4. The van der Waals surface area contributed by atoms with Crippen molar-refractivity contribution >= 4 is 27.8 Å². The molecule has 7 aromatic rings. The van der Waals surface area contributed by atoms with Crippen LogP contribution < -0.4 is 9.64 Å². The third-order valence-corrected chi connectivity index (χ3v) is 10.7. The van der Waals surface area contributed by atoms with Gasteiger partial charge in [-0.1, -0.05) is 131 Å². The number of ether oxygens (including phenoxy) is 1. The van der Waals surface area contributed by atoms with Crippen LogP contribution in [0.2, 0.25) is 0 Å². The van der Waals surface area contributed by atoms with E-state index in [-0.39, 0.29) is 10.8 Å². The summed E-state index contributed by atoms with van der Waals surface area (Å²) in [6.45, 7) is 9.28. The summed E-state index contributed by atoms with van der Waals surface area (Å²) in [5.41, 5.74) is 13.4. The van der Waals surface area contributed by atoms with Crippen molar-refractivity contribution in [2.75, 3.05) is 4.90 Å². The molecule has 7 aromatic carbocycles. The van der Waals surface area contributed by atoms with Crippen LogP contribution in [0.5, 0.6) is 11.5 Å². The van der Waals surface area contributed by atoms with E-state index in [0.717, 1.165) is 22.9 Å². The summed E-state index contributed by atoms with van der Waals surface area (Å²) in [5, 5.41) is 2.45. The Morgan fingerprint density at radius 2 is 1.06 bits per heavy atom. The molecule has 0 unspecified atom stereocenters. The van der Waals surface area contributed by atoms with Gasteiger partial charge in [-0.05, 0) is 87.3 Å². The molecule has 1 heterocycles. The second-order valence-electron chi connectivity index (χ2n) is 14.2. The first-order valence-electron chi connectivity index (χ1n) is 16.9. The number of nitrogens with zero attached hydrogens (tertiary/aromatic N) is 1. The molecule has 0 amide bonds. The molecule has 1 aliphatic carbocycles. The maximum Gasteiger partial charge on any atom is 0.131 e. The van der Waals surface area contributed by atoms with Crippen molar-refractivity contribution in [2.45, 2.75) is 38.5 Å². The number of fused-ring (bicyclic) bond motifs is 6. The normalized spacial score (nSPS) is 14.8. The van der Waals surface area contributed by atoms with Gasteiger partial charge in [-0.2, -0.15) is 0 Å². The van der Waals surface area contributed by atoms with Crippen molar-refractivity contribution in [1.82, 2.24) is 0 Å². The number of benzene rings is 7. The first-order chi connectivity index (χ1) is 23.3. The molecule has 48 heavy (non-hydrogen) atoms. The van der Waals surface area contributed by atoms with Gasteiger partial charge in [-0.25, -0.2) is 0 Å². The first-order valence-corrected chi connectivity index (χ1v) is 16.9. The predicted molar refractivity (Wildman–Crippen MR) is 200 cm³/mol. The quantitative estimate of drug-likeness (QED) is 0.194. The molecule has 0 spiro atoms. The molecular weight excluding hydrogens is 583 g/mol. The van der Waals surface area contributed by atoms with E-state index in [4.69, 9.17) is 4.74 Å². The van der Waals surface area contributed by atoms with Crippen LogP contribution in [0.15, 0.2) is 152 Å². The van der Waals surface area contributed by atoms with Crippen molar-refractivity contribution in [1.29, 1.82) is 0 Å². The van der Waals surface area contributed by atoms with Crippen LogP contribution in [0, 0.1) is 0 Å². The highest BCUT2D eigenvalue weighted by molar-refractivity contribution is 5.99. The van der Waals surface area contributed by atoms with Gasteiger partial charge < -0.3 is 9.64 Å². The fourth-order valence-corrected chi connectivity index (χ4v) is 8.09. The minimum absolute atomic E-state index is 0.0827. The molecule has 2 aliphatic rings. The number of hydrogen-bond acceptors (Lipinski definition) is 2. The topological polar surface area (TPSA) is 12.5 Å². The third-order valence-electron chi connectivity index (χ3n) is 10.7. The van der Waals surface area contributed by atoms with Crippen LogP contribution in [0.4, 0.5) is 17.1 Å². The molecule has 2 nitrogen and oxygen atoms in total. The summed E-state index contributed by atoms with van der Waals surface area (Å²) in [6, 6.07) is 55.2. The van der Waals surface area contributed by atoms with Crippen LogP contribution in [0.3, 0.4) is 0 Å². The van der Waals surface area contributed by atoms with Crippen molar-refractivity contribution in [3.8, 4) is 33.8 Å². The first kappa shape index (κ1) is 28.6. The zero-order chi connectivity index (χ0) is 32.6. The van der Waals surface area contributed by atoms with Gasteiger partial charge in [-0.3, -0.25) is 0 Å². The Morgan fingerprint density at radius 3 is 1.92 bits per heavy atom. The number of hydrogen-bond donors (Lipinski definition) is 0. The summed E-state index contributed by atoms with van der Waals surface area (Å²) < 4.78 is 6.35. The van der Waals surface area contributed by atoms with Crippen molar-refractivity contribution in [3.63, 3.8) is 0 Å². The lowest BCUT2D eigenvalue weighted by atomic mass is 9.75. The van der Waals surface area contributed by atoms with E-state index in [9.17, 15) is 0 Å². The van der Waals surface area contributed by atoms with Crippen molar-refractivity contribution in [3.05, 3.63) is 174 Å². The van der Waals surface area contributed by atoms with Gasteiger partial charge in [-0.15, -0.1) is 0 Å². The van der Waals surface area contributed by atoms with Gasteiger partial charge in [0.2, 0.25) is 0 Å². The Morgan fingerprint density at radius 1 is 0.438 bits per heavy atom. The van der Waals surface area contributed by atoms with Crippen molar-refractivity contribution < 1.29 is 4.74 Å². The fraction of sp³-hybridized carbons (Fsp3) is 0.130. The molecule has 0 atom stereocenters. The minimum Gasteiger partial charge on any atom is -0.457 e. The minimum atomic E-state index is -0.160. The second-order valence-corrected chi connectivity index (χ2v) is 14.2. The number of para-hydroxylation sites is 1. The Kier molecular flexibility index (Phi) is 6.23. The molecule has 0 radical (unpaired) electrons. The summed E-state index contributed by atoms with van der Waals surface area (Å²) in [4.78, 5) is 2.42. The second kappa shape index (κ2) is 10.5. The molecule has 0 saturated carbocycles. The van der Waals surface area contributed by atoms with Crippen LogP contribution in [0.1, 0.15) is 49.9 Å². The summed E-state index contributed by atoms with van der Waals surface area (Å²) >= 11 is 0. The molecule has 0 N–H and O–H groups in total. The lowest BCUT2D eigenvalue weighted by Crippen LogP contribution is -2.24. The highest BCUT2D eigenvalue weighted by Gasteiger charge is 2.36. The zero-order valence-corrected chi connectivity index (χ0v) is 27.8. The van der Waals surface area contributed by atoms with E-state index in [2.05, 4.69) is 178 Å². The summed E-state index contributed by atoms with van der Waals surface area (Å²) in [7, 11) is 0. The van der Waals surface area contributed by atoms with Crippen molar-refractivity contribution in [2.24, 2.45) is 0 Å². The molecule has 9 rings (SSSR count). The Balaban J connectivity index is 1.16. The lowest BCUT2D eigenvalue weighted by Gasteiger charge is -2.34. The van der Waals surface area contributed by atoms with Crippen LogP contribution in [-0.2, 0) is 10.8 Å². The molecule has 1 aliphatic heterocycles. The lowest BCUT2D eigenvalue weighted by molar-refractivity contribution is 0.418. The van der Waals surface area contributed by atoms with E-state index in [1.54, 1.807) is 0 Å². The maximum atomic E-state index is 6.35. The molecular formula is C46H37NO. The molecule has 2 heteroatoms. The van der Waals surface area contributed by atoms with Gasteiger partial charge in [0.1, 0.15) is 11.5 Å². The average molecular weight is 620 g/mol. The zero-order valence-electron chi connectivity index (χ0n) is 27.8. The van der Waals surface area contributed by atoms with Gasteiger partial charge in [0, 0.05) is 38.7 Å². The molecule has 0 bridgehead atoms. The van der Waals surface area contributed by atoms with Gasteiger partial charge in [0.15, 0.2) is 0 Å². The van der Waals surface area contributed by atoms with E-state index < -0.39 is 0 Å². The van der Waals surface area contributed by atoms with E-state index in [0.29, 0.717) is 0 Å². The molecule has 0 saturated heterocycles. The Bertz CT molecular complexity index is 2370. The van der Waals surface area contributed by atoms with Crippen LogP contribution >= 0.6 is 0 Å². The smallest absolute Gasteiger partial charge is 0.131 e. The van der Waals surface area contributed by atoms with E-state index >= 15 is 0 Å². The fourth-order valence-electron chi connectivity index (χ4n) is 8.09. The average Bonchev–Trinajstić information content (AvgIpc) is 3.34. The molecule has 232 valence electrons. The van der Waals surface area contributed by atoms with Gasteiger partial charge in [0.25, 0.3) is 0 Å². The molecule has 0 aromatic heterocycles. The predicted octanol–water partition coefficient (Wildman–Crippen LogP) is 12.7. The SMILES string of the molecule is CC1(C)c2ccccc2Oc2ccc(-c3ccc(N(c4ccc5c(c4)C(C)(C)c4ccccc4-5)c4cccc5ccccc45)cc3)cc21. The number of anilines is 3. The third kappa shape index (κ3) is 4.26. The summed E-state index contributed by atoms with van der Waals surface area (Å²) in [5.74, 6) is 1.88. The van der Waals surface area contributed by atoms with Crippen LogP contribution in [0.25, 0.3) is 33.0 Å². The standard InChI is InChI=1S/C46H37NO/c1-45(2)38-16-8-7-15-36(38)37-26-25-34(29-40(37)45)47(42-18-11-13-31-12-5-6-14-35(31)42)33-23-20-30(21-24-33)32-22-27-44-41(28-32)46(3,4)39-17-9-10-19-43(39)48-44/h5-29H,1-4H3. The monoisotopic (exact) mass is 619 g/mol.